The van der Waals surface area contributed by atoms with Gasteiger partial charge in [0, 0.05) is 31.1 Å². The van der Waals surface area contributed by atoms with Gasteiger partial charge >= 0.3 is 0 Å². The quantitative estimate of drug-likeness (QED) is 0.651. The van der Waals surface area contributed by atoms with Crippen LogP contribution in [0.1, 0.15) is 12.0 Å². The molecular weight excluding hydrogens is 397 g/mol. The van der Waals surface area contributed by atoms with Gasteiger partial charge in [-0.15, -0.1) is 0 Å². The van der Waals surface area contributed by atoms with Crippen LogP contribution in [0, 0.1) is 5.82 Å². The molecule has 2 aromatic rings. The summed E-state index contributed by atoms with van der Waals surface area (Å²) in [5.74, 6) is -1.38. The summed E-state index contributed by atoms with van der Waals surface area (Å²) in [5.41, 5.74) is 1.02. The van der Waals surface area contributed by atoms with E-state index in [1.807, 2.05) is 6.07 Å². The van der Waals surface area contributed by atoms with Crippen LogP contribution in [-0.2, 0) is 19.6 Å². The lowest BCUT2D eigenvalue weighted by Gasteiger charge is -2.17. The highest BCUT2D eigenvalue weighted by Crippen LogP contribution is 2.09. The van der Waals surface area contributed by atoms with Crippen LogP contribution in [0.15, 0.2) is 60.0 Å². The Morgan fingerprint density at radius 2 is 1.83 bits per heavy atom. The van der Waals surface area contributed by atoms with Gasteiger partial charge in [-0.3, -0.25) is 9.59 Å². The van der Waals surface area contributed by atoms with Crippen molar-refractivity contribution in [3.8, 4) is 0 Å². The van der Waals surface area contributed by atoms with Crippen LogP contribution in [0.5, 0.6) is 0 Å². The Balaban J connectivity index is 1.76. The lowest BCUT2D eigenvalue weighted by Crippen LogP contribution is -2.36. The van der Waals surface area contributed by atoms with Crippen molar-refractivity contribution in [1.29, 1.82) is 0 Å². The lowest BCUT2D eigenvalue weighted by atomic mass is 10.2. The Morgan fingerprint density at radius 3 is 2.52 bits per heavy atom. The van der Waals surface area contributed by atoms with Gasteiger partial charge in [0.05, 0.1) is 6.54 Å². The van der Waals surface area contributed by atoms with Gasteiger partial charge in [0.25, 0.3) is 0 Å². The molecule has 0 atom stereocenters. The zero-order valence-electron chi connectivity index (χ0n) is 15.8. The molecule has 7 nitrogen and oxygen atoms in total. The summed E-state index contributed by atoms with van der Waals surface area (Å²) in [4.78, 5) is 25.2. The summed E-state index contributed by atoms with van der Waals surface area (Å²) in [5, 5.41) is 3.52. The molecule has 0 saturated carbocycles. The van der Waals surface area contributed by atoms with E-state index in [1.165, 1.54) is 36.2 Å². The monoisotopic (exact) mass is 419 g/mol. The van der Waals surface area contributed by atoms with Gasteiger partial charge in [0.1, 0.15) is 5.82 Å². The number of benzene rings is 2. The number of likely N-dealkylation sites (N-methyl/N-ethyl adjacent to an activating group) is 1. The van der Waals surface area contributed by atoms with Crippen LogP contribution >= 0.6 is 0 Å². The fourth-order valence-electron chi connectivity index (χ4n) is 2.34. The van der Waals surface area contributed by atoms with Crippen LogP contribution in [0.4, 0.5) is 10.1 Å². The molecule has 0 spiro atoms. The second kappa shape index (κ2) is 10.5. The fourth-order valence-corrected chi connectivity index (χ4v) is 3.16. The van der Waals surface area contributed by atoms with Crippen molar-refractivity contribution in [1.82, 2.24) is 9.62 Å². The van der Waals surface area contributed by atoms with E-state index >= 15 is 0 Å². The molecule has 0 saturated heterocycles. The van der Waals surface area contributed by atoms with E-state index in [2.05, 4.69) is 10.0 Å². The number of sulfonamides is 1. The Bertz CT molecular complexity index is 978. The molecular formula is C20H22FN3O4S. The number of carbonyl (C=O) groups is 2. The van der Waals surface area contributed by atoms with Crippen molar-refractivity contribution in [2.75, 3.05) is 25.5 Å². The molecule has 9 heteroatoms. The van der Waals surface area contributed by atoms with E-state index in [0.717, 1.165) is 17.0 Å². The zero-order valence-corrected chi connectivity index (χ0v) is 16.7. The molecule has 2 rings (SSSR count). The van der Waals surface area contributed by atoms with Crippen LogP contribution in [0.2, 0.25) is 0 Å². The van der Waals surface area contributed by atoms with Crippen molar-refractivity contribution in [2.45, 2.75) is 6.42 Å². The van der Waals surface area contributed by atoms with E-state index < -0.39 is 27.7 Å². The van der Waals surface area contributed by atoms with Gasteiger partial charge in [-0.25, -0.2) is 17.5 Å². The summed E-state index contributed by atoms with van der Waals surface area (Å²) < 4.78 is 39.3. The number of rotatable bonds is 9. The third kappa shape index (κ3) is 8.24. The van der Waals surface area contributed by atoms with Gasteiger partial charge in [0.2, 0.25) is 21.8 Å². The predicted octanol–water partition coefficient (Wildman–Crippen LogP) is 2.20. The standard InChI is InChI=1S/C20H22FN3O4S/c1-24(15-19(25)23-18-9-5-8-17(21)14-18)20(26)10-12-22-29(27,28)13-11-16-6-3-2-4-7-16/h2-9,11,13-14,22H,10,12,15H2,1H3,(H,23,25)/b13-11+. The van der Waals surface area contributed by atoms with Crippen molar-refractivity contribution in [2.24, 2.45) is 0 Å². The van der Waals surface area contributed by atoms with Crippen LogP contribution < -0.4 is 10.0 Å². The van der Waals surface area contributed by atoms with Crippen LogP contribution in [0.3, 0.4) is 0 Å². The summed E-state index contributed by atoms with van der Waals surface area (Å²) in [6.07, 6.45) is 1.34. The average molecular weight is 419 g/mol. The number of nitrogens with one attached hydrogen (secondary N) is 2. The first kappa shape index (κ1) is 22.3. The minimum atomic E-state index is -3.69. The van der Waals surface area contributed by atoms with Gasteiger partial charge < -0.3 is 10.2 Å². The average Bonchev–Trinajstić information content (AvgIpc) is 2.67. The van der Waals surface area contributed by atoms with Gasteiger partial charge in [0.15, 0.2) is 0 Å². The third-order valence-corrected chi connectivity index (χ3v) is 4.90. The first-order chi connectivity index (χ1) is 13.7. The Labute approximate surface area is 169 Å². The smallest absolute Gasteiger partial charge is 0.243 e. The zero-order chi connectivity index (χ0) is 21.3. The highest BCUT2D eigenvalue weighted by molar-refractivity contribution is 7.92. The van der Waals surface area contributed by atoms with E-state index in [9.17, 15) is 22.4 Å². The molecule has 0 aliphatic carbocycles. The summed E-state index contributed by atoms with van der Waals surface area (Å²) in [7, 11) is -2.26. The molecule has 2 amide bonds. The van der Waals surface area contributed by atoms with E-state index in [1.54, 1.807) is 24.3 Å². The molecule has 2 N–H and O–H groups in total. The van der Waals surface area contributed by atoms with Crippen LogP contribution in [0.25, 0.3) is 6.08 Å². The lowest BCUT2D eigenvalue weighted by molar-refractivity contribution is -0.133. The number of halogens is 1. The van der Waals surface area contributed by atoms with E-state index in [0.29, 0.717) is 0 Å². The SMILES string of the molecule is CN(CC(=O)Nc1cccc(F)c1)C(=O)CCNS(=O)(=O)/C=C/c1ccccc1. The van der Waals surface area contributed by atoms with Gasteiger partial charge in [-0.1, -0.05) is 36.4 Å². The molecule has 0 aliphatic rings. The maximum atomic E-state index is 13.1. The highest BCUT2D eigenvalue weighted by atomic mass is 32.2. The maximum Gasteiger partial charge on any atom is 0.243 e. The first-order valence-corrected chi connectivity index (χ1v) is 10.3. The number of nitrogens with zero attached hydrogens (tertiary/aromatic N) is 1. The van der Waals surface area contributed by atoms with Gasteiger partial charge in [-0.2, -0.15) is 0 Å². The number of carbonyl (C=O) groups excluding carboxylic acids is 2. The van der Waals surface area contributed by atoms with Crippen molar-refractivity contribution in [3.63, 3.8) is 0 Å². The number of anilines is 1. The predicted molar refractivity (Wildman–Crippen MR) is 110 cm³/mol. The molecule has 0 radical (unpaired) electrons. The number of amides is 2. The largest absolute Gasteiger partial charge is 0.336 e. The Morgan fingerprint density at radius 1 is 1.10 bits per heavy atom. The first-order valence-electron chi connectivity index (χ1n) is 8.77. The third-order valence-electron chi connectivity index (χ3n) is 3.80. The summed E-state index contributed by atoms with van der Waals surface area (Å²) >= 11 is 0. The van der Waals surface area contributed by atoms with Crippen LogP contribution in [-0.4, -0.2) is 45.3 Å². The summed E-state index contributed by atoms with van der Waals surface area (Å²) in [6, 6.07) is 14.3. The van der Waals surface area contributed by atoms with E-state index in [4.69, 9.17) is 0 Å². The molecule has 154 valence electrons. The molecule has 0 aliphatic heterocycles. The summed E-state index contributed by atoms with van der Waals surface area (Å²) in [6.45, 7) is -0.341. The fraction of sp³-hybridized carbons (Fsp3) is 0.200. The molecule has 2 aromatic carbocycles. The molecule has 29 heavy (non-hydrogen) atoms. The normalized spacial score (nSPS) is 11.4. The van der Waals surface area contributed by atoms with Crippen molar-refractivity contribution < 1.29 is 22.4 Å². The molecule has 0 fully saturated rings. The van der Waals surface area contributed by atoms with Gasteiger partial charge in [-0.05, 0) is 29.8 Å². The topological polar surface area (TPSA) is 95.6 Å². The minimum absolute atomic E-state index is 0.101. The molecule has 0 unspecified atom stereocenters. The molecule has 0 bridgehead atoms. The molecule has 0 heterocycles. The van der Waals surface area contributed by atoms with Crippen molar-refractivity contribution >= 4 is 33.6 Å². The second-order valence-electron chi connectivity index (χ2n) is 6.21. The number of hydrogen-bond donors (Lipinski definition) is 2. The Kier molecular flexibility index (Phi) is 8.05. The highest BCUT2D eigenvalue weighted by Gasteiger charge is 2.14. The number of hydrogen-bond acceptors (Lipinski definition) is 4. The Hall–Kier alpha value is -3.04. The van der Waals surface area contributed by atoms with E-state index in [-0.39, 0.29) is 25.2 Å². The molecule has 0 aromatic heterocycles. The maximum absolute atomic E-state index is 13.1. The second-order valence-corrected chi connectivity index (χ2v) is 7.86. The minimum Gasteiger partial charge on any atom is -0.336 e. The van der Waals surface area contributed by atoms with Crippen molar-refractivity contribution in [3.05, 3.63) is 71.4 Å².